The maximum atomic E-state index is 6.31. The van der Waals surface area contributed by atoms with Crippen molar-refractivity contribution in [2.24, 2.45) is 0 Å². The van der Waals surface area contributed by atoms with Crippen LogP contribution in [-0.2, 0) is 0 Å². The van der Waals surface area contributed by atoms with Crippen molar-refractivity contribution >= 4 is 27.6 Å². The smallest absolute Gasteiger partial charge is 0.100 e. The van der Waals surface area contributed by atoms with Crippen LogP contribution in [0.1, 0.15) is 0 Å². The molecule has 2 heterocycles. The highest BCUT2D eigenvalue weighted by Crippen LogP contribution is 2.28. The Balaban J connectivity index is 2.05. The SMILES string of the molecule is Nc1c(-n2cnc3ccccc32)ccc2ncccc12. The monoisotopic (exact) mass is 260 g/mol. The minimum Gasteiger partial charge on any atom is -0.396 e. The van der Waals surface area contributed by atoms with Gasteiger partial charge in [-0.15, -0.1) is 0 Å². The van der Waals surface area contributed by atoms with Gasteiger partial charge >= 0.3 is 0 Å². The van der Waals surface area contributed by atoms with Gasteiger partial charge in [-0.3, -0.25) is 9.55 Å². The van der Waals surface area contributed by atoms with Gasteiger partial charge in [0, 0.05) is 11.6 Å². The molecule has 0 bridgehead atoms. The van der Waals surface area contributed by atoms with Crippen LogP contribution in [0.15, 0.2) is 61.1 Å². The van der Waals surface area contributed by atoms with Gasteiger partial charge in [0.15, 0.2) is 0 Å². The number of hydrogen-bond acceptors (Lipinski definition) is 3. The van der Waals surface area contributed by atoms with Crippen molar-refractivity contribution in [3.05, 3.63) is 61.1 Å². The van der Waals surface area contributed by atoms with E-state index in [0.717, 1.165) is 33.3 Å². The molecule has 4 heteroatoms. The molecule has 4 aromatic rings. The highest BCUT2D eigenvalue weighted by Gasteiger charge is 2.09. The molecule has 0 amide bonds. The van der Waals surface area contributed by atoms with Crippen molar-refractivity contribution in [2.75, 3.05) is 5.73 Å². The summed E-state index contributed by atoms with van der Waals surface area (Å²) in [6.07, 6.45) is 3.58. The van der Waals surface area contributed by atoms with E-state index in [4.69, 9.17) is 5.73 Å². The molecule has 0 radical (unpaired) electrons. The van der Waals surface area contributed by atoms with Crippen LogP contribution in [-0.4, -0.2) is 14.5 Å². The van der Waals surface area contributed by atoms with Crippen LogP contribution in [0.4, 0.5) is 5.69 Å². The molecule has 0 aliphatic carbocycles. The highest BCUT2D eigenvalue weighted by atomic mass is 15.1. The summed E-state index contributed by atoms with van der Waals surface area (Å²) >= 11 is 0. The molecular weight excluding hydrogens is 248 g/mol. The first-order valence-corrected chi connectivity index (χ1v) is 6.40. The molecule has 0 saturated carbocycles. The molecule has 96 valence electrons. The van der Waals surface area contributed by atoms with Gasteiger partial charge in [-0.25, -0.2) is 4.98 Å². The van der Waals surface area contributed by atoms with Crippen LogP contribution >= 0.6 is 0 Å². The molecule has 0 aliphatic rings. The van der Waals surface area contributed by atoms with Crippen LogP contribution in [0.3, 0.4) is 0 Å². The zero-order valence-electron chi connectivity index (χ0n) is 10.7. The lowest BCUT2D eigenvalue weighted by atomic mass is 10.1. The van der Waals surface area contributed by atoms with Gasteiger partial charge < -0.3 is 5.73 Å². The molecule has 0 aliphatic heterocycles. The molecule has 20 heavy (non-hydrogen) atoms. The van der Waals surface area contributed by atoms with Gasteiger partial charge in [0.2, 0.25) is 0 Å². The highest BCUT2D eigenvalue weighted by molar-refractivity contribution is 5.95. The number of rotatable bonds is 1. The van der Waals surface area contributed by atoms with Crippen molar-refractivity contribution in [1.82, 2.24) is 14.5 Å². The number of hydrogen-bond donors (Lipinski definition) is 1. The molecule has 4 rings (SSSR count). The van der Waals surface area contributed by atoms with Crippen molar-refractivity contribution in [2.45, 2.75) is 0 Å². The second-order valence-electron chi connectivity index (χ2n) is 4.67. The Hall–Kier alpha value is -2.88. The fourth-order valence-corrected chi connectivity index (χ4v) is 2.52. The molecule has 0 fully saturated rings. The number of aromatic nitrogens is 3. The minimum absolute atomic E-state index is 0.721. The molecule has 4 nitrogen and oxygen atoms in total. The molecule has 2 aromatic carbocycles. The lowest BCUT2D eigenvalue weighted by Gasteiger charge is -2.10. The van der Waals surface area contributed by atoms with Crippen LogP contribution in [0.5, 0.6) is 0 Å². The Labute approximate surface area is 115 Å². The van der Waals surface area contributed by atoms with Gasteiger partial charge in [-0.05, 0) is 36.4 Å². The Morgan fingerprint density at radius 1 is 0.850 bits per heavy atom. The van der Waals surface area contributed by atoms with E-state index in [-0.39, 0.29) is 0 Å². The average molecular weight is 260 g/mol. The third-order valence-electron chi connectivity index (χ3n) is 3.52. The Kier molecular flexibility index (Phi) is 2.23. The second kappa shape index (κ2) is 4.06. The summed E-state index contributed by atoms with van der Waals surface area (Å²) in [5.41, 5.74) is 10.9. The fourth-order valence-electron chi connectivity index (χ4n) is 2.52. The summed E-state index contributed by atoms with van der Waals surface area (Å²) in [5.74, 6) is 0. The maximum Gasteiger partial charge on any atom is 0.100 e. The lowest BCUT2D eigenvalue weighted by Crippen LogP contribution is -1.99. The fraction of sp³-hybridized carbons (Fsp3) is 0. The minimum atomic E-state index is 0.721. The van der Waals surface area contributed by atoms with Crippen LogP contribution < -0.4 is 5.73 Å². The van der Waals surface area contributed by atoms with E-state index in [1.807, 2.05) is 53.1 Å². The Morgan fingerprint density at radius 2 is 1.75 bits per heavy atom. The van der Waals surface area contributed by atoms with Gasteiger partial charge in [0.05, 0.1) is 27.9 Å². The molecule has 0 atom stereocenters. The maximum absolute atomic E-state index is 6.31. The summed E-state index contributed by atoms with van der Waals surface area (Å²) in [6, 6.07) is 15.9. The standard InChI is InChI=1S/C16H12N4/c17-16-11-4-3-9-18-12(11)7-8-15(16)20-10-19-13-5-1-2-6-14(13)20/h1-10H,17H2. The Morgan fingerprint density at radius 3 is 2.70 bits per heavy atom. The zero-order valence-corrected chi connectivity index (χ0v) is 10.7. The summed E-state index contributed by atoms with van der Waals surface area (Å²) in [4.78, 5) is 8.73. The van der Waals surface area contributed by atoms with E-state index in [9.17, 15) is 0 Å². The first-order chi connectivity index (χ1) is 9.84. The first kappa shape index (κ1) is 11.0. The van der Waals surface area contributed by atoms with Gasteiger partial charge in [0.25, 0.3) is 0 Å². The molecule has 2 N–H and O–H groups in total. The summed E-state index contributed by atoms with van der Waals surface area (Å²) < 4.78 is 2.01. The molecule has 0 saturated heterocycles. The van der Waals surface area contributed by atoms with Gasteiger partial charge in [-0.1, -0.05) is 12.1 Å². The molecular formula is C16H12N4. The number of nitrogen functional groups attached to an aromatic ring is 1. The number of para-hydroxylation sites is 2. The summed E-state index contributed by atoms with van der Waals surface area (Å²) in [5, 5.41) is 0.961. The molecule has 0 unspecified atom stereocenters. The number of anilines is 1. The normalized spacial score (nSPS) is 11.2. The van der Waals surface area contributed by atoms with Crippen molar-refractivity contribution in [3.63, 3.8) is 0 Å². The van der Waals surface area contributed by atoms with E-state index in [1.165, 1.54) is 0 Å². The number of nitrogens with two attached hydrogens (primary N) is 1. The average Bonchev–Trinajstić information content (AvgIpc) is 2.92. The van der Waals surface area contributed by atoms with Gasteiger partial charge in [0.1, 0.15) is 6.33 Å². The topological polar surface area (TPSA) is 56.7 Å². The Bertz CT molecular complexity index is 924. The predicted molar refractivity (Wildman–Crippen MR) is 80.8 cm³/mol. The third kappa shape index (κ3) is 1.48. The van der Waals surface area contributed by atoms with Crippen LogP contribution in [0.2, 0.25) is 0 Å². The first-order valence-electron chi connectivity index (χ1n) is 6.40. The quantitative estimate of drug-likeness (QED) is 0.535. The predicted octanol–water partition coefficient (Wildman–Crippen LogP) is 3.16. The van der Waals surface area contributed by atoms with Crippen LogP contribution in [0, 0.1) is 0 Å². The number of benzene rings is 2. The largest absolute Gasteiger partial charge is 0.396 e. The molecule has 2 aromatic heterocycles. The van der Waals surface area contributed by atoms with Crippen molar-refractivity contribution < 1.29 is 0 Å². The second-order valence-corrected chi connectivity index (χ2v) is 4.67. The van der Waals surface area contributed by atoms with E-state index < -0.39 is 0 Å². The van der Waals surface area contributed by atoms with Crippen molar-refractivity contribution in [3.8, 4) is 5.69 Å². The zero-order chi connectivity index (χ0) is 13.5. The van der Waals surface area contributed by atoms with E-state index >= 15 is 0 Å². The number of pyridine rings is 1. The van der Waals surface area contributed by atoms with E-state index in [1.54, 1.807) is 12.5 Å². The molecule has 0 spiro atoms. The number of nitrogens with zero attached hydrogens (tertiary/aromatic N) is 3. The van der Waals surface area contributed by atoms with E-state index in [2.05, 4.69) is 9.97 Å². The van der Waals surface area contributed by atoms with Crippen molar-refractivity contribution in [1.29, 1.82) is 0 Å². The van der Waals surface area contributed by atoms with Gasteiger partial charge in [-0.2, -0.15) is 0 Å². The van der Waals surface area contributed by atoms with E-state index in [0.29, 0.717) is 0 Å². The summed E-state index contributed by atoms with van der Waals surface area (Å²) in [7, 11) is 0. The lowest BCUT2D eigenvalue weighted by molar-refractivity contribution is 1.10. The summed E-state index contributed by atoms with van der Waals surface area (Å²) in [6.45, 7) is 0. The van der Waals surface area contributed by atoms with Crippen LogP contribution in [0.25, 0.3) is 27.6 Å². The third-order valence-corrected chi connectivity index (χ3v) is 3.52. The number of imidazole rings is 1. The number of fused-ring (bicyclic) bond motifs is 2.